The van der Waals surface area contributed by atoms with Gasteiger partial charge in [0.25, 0.3) is 0 Å². The molecule has 0 unspecified atom stereocenters. The quantitative estimate of drug-likeness (QED) is 0.397. The van der Waals surface area contributed by atoms with Crippen molar-refractivity contribution in [2.24, 2.45) is 5.92 Å². The van der Waals surface area contributed by atoms with Gasteiger partial charge in [-0.2, -0.15) is 13.2 Å². The van der Waals surface area contributed by atoms with Crippen LogP contribution in [0, 0.1) is 5.92 Å². The maximum absolute atomic E-state index is 13.0. The summed E-state index contributed by atoms with van der Waals surface area (Å²) in [6.07, 6.45) is -2.32. The van der Waals surface area contributed by atoms with E-state index in [4.69, 9.17) is 4.74 Å². The normalized spacial score (nSPS) is 18.4. The summed E-state index contributed by atoms with van der Waals surface area (Å²) < 4.78 is 43.5. The number of β-lactam (4-membered cyclic amide) rings is 1. The first-order chi connectivity index (χ1) is 15.4. The largest absolute Gasteiger partial charge is 0.497 e. The molecule has 2 atom stereocenters. The zero-order valence-electron chi connectivity index (χ0n) is 17.7. The van der Waals surface area contributed by atoms with Crippen molar-refractivity contribution in [3.63, 3.8) is 0 Å². The number of aryl methyl sites for hydroxylation is 1. The Hall–Kier alpha value is -3.28. The minimum absolute atomic E-state index is 0.0736. The second-order valence-corrected chi connectivity index (χ2v) is 7.96. The van der Waals surface area contributed by atoms with Gasteiger partial charge in [-0.3, -0.25) is 4.79 Å². The van der Waals surface area contributed by atoms with E-state index in [-0.39, 0.29) is 17.9 Å². The molecular weight excluding hydrogens is 415 g/mol. The Morgan fingerprint density at radius 2 is 1.56 bits per heavy atom. The molecule has 0 saturated carbocycles. The van der Waals surface area contributed by atoms with Gasteiger partial charge < -0.3 is 9.64 Å². The number of para-hydroxylation sites is 1. The number of amides is 1. The molecule has 6 heteroatoms. The summed E-state index contributed by atoms with van der Waals surface area (Å²) in [5.74, 6) is 0.659. The Morgan fingerprint density at radius 3 is 2.16 bits per heavy atom. The van der Waals surface area contributed by atoms with Crippen LogP contribution in [0.2, 0.25) is 0 Å². The number of carbonyl (C=O) groups is 1. The molecular formula is C26H24F3NO2. The van der Waals surface area contributed by atoms with E-state index in [2.05, 4.69) is 0 Å². The summed E-state index contributed by atoms with van der Waals surface area (Å²) >= 11 is 0. The molecule has 1 heterocycles. The minimum Gasteiger partial charge on any atom is -0.497 e. The number of halogens is 3. The Labute approximate surface area is 185 Å². The van der Waals surface area contributed by atoms with Crippen molar-refractivity contribution in [2.75, 3.05) is 12.0 Å². The van der Waals surface area contributed by atoms with Crippen LogP contribution in [0.4, 0.5) is 18.9 Å². The van der Waals surface area contributed by atoms with Gasteiger partial charge in [0.05, 0.1) is 24.6 Å². The zero-order chi connectivity index (χ0) is 22.7. The second-order valence-electron chi connectivity index (χ2n) is 7.96. The van der Waals surface area contributed by atoms with Gasteiger partial charge in [0.2, 0.25) is 5.91 Å². The molecule has 3 aromatic rings. The van der Waals surface area contributed by atoms with Crippen LogP contribution < -0.4 is 9.64 Å². The number of nitrogens with zero attached hydrogens (tertiary/aromatic N) is 1. The summed E-state index contributed by atoms with van der Waals surface area (Å²) in [7, 11) is 1.61. The summed E-state index contributed by atoms with van der Waals surface area (Å²) in [5, 5.41) is 0. The fourth-order valence-corrected chi connectivity index (χ4v) is 4.28. The SMILES string of the molecule is COc1ccc([C@@H]2[C@@H](CCCc3ccc(C(F)(F)F)cc3)C(=O)N2c2ccccc2)cc1. The first kappa shape index (κ1) is 21.9. The molecule has 0 bridgehead atoms. The van der Waals surface area contributed by atoms with Crippen molar-refractivity contribution in [2.45, 2.75) is 31.5 Å². The summed E-state index contributed by atoms with van der Waals surface area (Å²) in [6.45, 7) is 0. The standard InChI is InChI=1S/C26H24F3NO2/c1-32-22-16-12-19(13-17-22)24-23(25(31)30(24)21-7-3-2-4-8-21)9-5-6-18-10-14-20(15-11-18)26(27,28)29/h2-4,7-8,10-17,23-24H,5-6,9H2,1H3/t23-,24-/m1/s1. The number of hydrogen-bond donors (Lipinski definition) is 0. The number of alkyl halides is 3. The van der Waals surface area contributed by atoms with Crippen LogP contribution in [0.5, 0.6) is 5.75 Å². The predicted octanol–water partition coefficient (Wildman–Crippen LogP) is 6.44. The second kappa shape index (κ2) is 9.07. The fourth-order valence-electron chi connectivity index (χ4n) is 4.28. The molecule has 1 amide bonds. The third-order valence-corrected chi connectivity index (χ3v) is 5.97. The van der Waals surface area contributed by atoms with Crippen molar-refractivity contribution < 1.29 is 22.7 Å². The number of methoxy groups -OCH3 is 1. The highest BCUT2D eigenvalue weighted by molar-refractivity contribution is 6.03. The van der Waals surface area contributed by atoms with Crippen LogP contribution >= 0.6 is 0 Å². The van der Waals surface area contributed by atoms with Gasteiger partial charge in [0.15, 0.2) is 0 Å². The average molecular weight is 439 g/mol. The van der Waals surface area contributed by atoms with Gasteiger partial charge in [-0.15, -0.1) is 0 Å². The van der Waals surface area contributed by atoms with Gasteiger partial charge in [0, 0.05) is 5.69 Å². The summed E-state index contributed by atoms with van der Waals surface area (Å²) in [5.41, 5.74) is 2.09. The van der Waals surface area contributed by atoms with Crippen molar-refractivity contribution in [3.05, 3.63) is 95.6 Å². The van der Waals surface area contributed by atoms with Gasteiger partial charge in [-0.25, -0.2) is 0 Å². The van der Waals surface area contributed by atoms with E-state index in [1.807, 2.05) is 59.5 Å². The highest BCUT2D eigenvalue weighted by Gasteiger charge is 2.48. The monoisotopic (exact) mass is 439 g/mol. The Morgan fingerprint density at radius 1 is 0.906 bits per heavy atom. The molecule has 1 saturated heterocycles. The molecule has 1 fully saturated rings. The van der Waals surface area contributed by atoms with Crippen LogP contribution in [0.3, 0.4) is 0 Å². The molecule has 1 aliphatic rings. The van der Waals surface area contributed by atoms with E-state index in [0.29, 0.717) is 12.8 Å². The molecule has 0 aliphatic carbocycles. The lowest BCUT2D eigenvalue weighted by Crippen LogP contribution is -2.55. The molecule has 32 heavy (non-hydrogen) atoms. The number of benzene rings is 3. The first-order valence-corrected chi connectivity index (χ1v) is 10.6. The fraction of sp³-hybridized carbons (Fsp3) is 0.269. The highest BCUT2D eigenvalue weighted by Crippen LogP contribution is 2.45. The first-order valence-electron chi connectivity index (χ1n) is 10.6. The number of anilines is 1. The smallest absolute Gasteiger partial charge is 0.416 e. The lowest BCUT2D eigenvalue weighted by Gasteiger charge is -2.47. The third-order valence-electron chi connectivity index (χ3n) is 5.97. The van der Waals surface area contributed by atoms with E-state index in [0.717, 1.165) is 41.1 Å². The maximum Gasteiger partial charge on any atom is 0.416 e. The lowest BCUT2D eigenvalue weighted by atomic mass is 9.78. The topological polar surface area (TPSA) is 29.5 Å². The maximum atomic E-state index is 13.0. The molecule has 0 N–H and O–H groups in total. The van der Waals surface area contributed by atoms with Crippen molar-refractivity contribution >= 4 is 11.6 Å². The van der Waals surface area contributed by atoms with E-state index in [9.17, 15) is 18.0 Å². The lowest BCUT2D eigenvalue weighted by molar-refractivity contribution is -0.137. The van der Waals surface area contributed by atoms with Crippen LogP contribution in [-0.2, 0) is 17.4 Å². The molecule has 3 nitrogen and oxygen atoms in total. The van der Waals surface area contributed by atoms with E-state index in [1.54, 1.807) is 7.11 Å². The summed E-state index contributed by atoms with van der Waals surface area (Å²) in [4.78, 5) is 14.9. The third kappa shape index (κ3) is 4.49. The number of rotatable bonds is 7. The van der Waals surface area contributed by atoms with E-state index >= 15 is 0 Å². The number of carbonyl (C=O) groups excluding carboxylic acids is 1. The van der Waals surface area contributed by atoms with Crippen LogP contribution in [0.25, 0.3) is 0 Å². The van der Waals surface area contributed by atoms with Crippen LogP contribution in [-0.4, -0.2) is 13.0 Å². The summed E-state index contributed by atoms with van der Waals surface area (Å²) in [6, 6.07) is 22.5. The Kier molecular flexibility index (Phi) is 6.21. The Balaban J connectivity index is 1.47. The zero-order valence-corrected chi connectivity index (χ0v) is 17.7. The van der Waals surface area contributed by atoms with Gasteiger partial charge in [-0.05, 0) is 66.8 Å². The highest BCUT2D eigenvalue weighted by atomic mass is 19.4. The molecule has 0 spiro atoms. The van der Waals surface area contributed by atoms with Crippen LogP contribution in [0.15, 0.2) is 78.9 Å². The van der Waals surface area contributed by atoms with Crippen LogP contribution in [0.1, 0.15) is 35.6 Å². The molecule has 1 aliphatic heterocycles. The van der Waals surface area contributed by atoms with E-state index in [1.165, 1.54) is 12.1 Å². The average Bonchev–Trinajstić information content (AvgIpc) is 2.80. The van der Waals surface area contributed by atoms with E-state index < -0.39 is 11.7 Å². The minimum atomic E-state index is -4.33. The van der Waals surface area contributed by atoms with Crippen molar-refractivity contribution in [1.29, 1.82) is 0 Å². The Bertz CT molecular complexity index is 1050. The number of hydrogen-bond acceptors (Lipinski definition) is 2. The van der Waals surface area contributed by atoms with Gasteiger partial charge >= 0.3 is 6.18 Å². The van der Waals surface area contributed by atoms with Gasteiger partial charge in [-0.1, -0.05) is 42.5 Å². The molecule has 0 radical (unpaired) electrons. The molecule has 4 rings (SSSR count). The van der Waals surface area contributed by atoms with Gasteiger partial charge in [0.1, 0.15) is 5.75 Å². The molecule has 166 valence electrons. The van der Waals surface area contributed by atoms with Crippen molar-refractivity contribution in [3.8, 4) is 5.75 Å². The van der Waals surface area contributed by atoms with Crippen molar-refractivity contribution in [1.82, 2.24) is 0 Å². The predicted molar refractivity (Wildman–Crippen MR) is 118 cm³/mol. The molecule has 3 aromatic carbocycles. The number of ether oxygens (including phenoxy) is 1. The molecule has 0 aromatic heterocycles.